The first-order chi connectivity index (χ1) is 13.5. The Morgan fingerprint density at radius 1 is 1.04 bits per heavy atom. The van der Waals surface area contributed by atoms with Crippen LogP contribution in [0.4, 0.5) is 8.78 Å². The lowest BCUT2D eigenvalue weighted by atomic mass is 10.1. The van der Waals surface area contributed by atoms with Crippen LogP contribution in [0.3, 0.4) is 0 Å². The topological polar surface area (TPSA) is 48.9 Å². The van der Waals surface area contributed by atoms with Crippen molar-refractivity contribution in [2.75, 3.05) is 27.7 Å². The Labute approximate surface area is 165 Å². The number of rotatable bonds is 9. The maximum Gasteiger partial charge on any atom is 0.387 e. The number of nitrogens with zero attached hydrogens (tertiary/aromatic N) is 2. The van der Waals surface area contributed by atoms with Gasteiger partial charge in [-0.05, 0) is 32.1 Å². The first-order valence-electron chi connectivity index (χ1n) is 9.17. The molecule has 2 aromatic rings. The number of nitrogens with one attached hydrogen (secondary N) is 2. The van der Waals surface area contributed by atoms with Crippen LogP contribution < -0.4 is 15.4 Å². The second kappa shape index (κ2) is 11.2. The zero-order valence-corrected chi connectivity index (χ0v) is 16.5. The van der Waals surface area contributed by atoms with Crippen LogP contribution in [0.2, 0.25) is 0 Å². The lowest BCUT2D eigenvalue weighted by Crippen LogP contribution is -2.45. The molecule has 2 aromatic carbocycles. The molecule has 2 N–H and O–H groups in total. The summed E-state index contributed by atoms with van der Waals surface area (Å²) in [5.74, 6) is 0.766. The number of guanidine groups is 1. The smallest absolute Gasteiger partial charge is 0.387 e. The number of alkyl halides is 2. The second-order valence-corrected chi connectivity index (χ2v) is 6.60. The highest BCUT2D eigenvalue weighted by atomic mass is 19.3. The van der Waals surface area contributed by atoms with Gasteiger partial charge in [-0.3, -0.25) is 4.99 Å². The van der Waals surface area contributed by atoms with Gasteiger partial charge in [0.15, 0.2) is 5.96 Å². The Kier molecular flexibility index (Phi) is 8.68. The second-order valence-electron chi connectivity index (χ2n) is 6.60. The molecular weight excluding hydrogens is 362 g/mol. The molecule has 7 heteroatoms. The van der Waals surface area contributed by atoms with Crippen LogP contribution in [0.1, 0.15) is 11.1 Å². The van der Waals surface area contributed by atoms with Crippen LogP contribution in [-0.4, -0.2) is 51.2 Å². The van der Waals surface area contributed by atoms with Crippen LogP contribution in [0.5, 0.6) is 5.75 Å². The number of likely N-dealkylation sites (N-methyl/N-ethyl adjacent to an activating group) is 1. The van der Waals surface area contributed by atoms with Crippen LogP contribution in [-0.2, 0) is 13.0 Å². The van der Waals surface area contributed by atoms with Crippen molar-refractivity contribution >= 4 is 5.96 Å². The summed E-state index contributed by atoms with van der Waals surface area (Å²) in [7, 11) is 5.77. The van der Waals surface area contributed by atoms with E-state index in [0.29, 0.717) is 24.6 Å². The molecule has 28 heavy (non-hydrogen) atoms. The van der Waals surface area contributed by atoms with Gasteiger partial charge in [0, 0.05) is 31.7 Å². The minimum atomic E-state index is -2.85. The van der Waals surface area contributed by atoms with Crippen molar-refractivity contribution in [3.8, 4) is 5.75 Å². The predicted molar refractivity (Wildman–Crippen MR) is 109 cm³/mol. The molecule has 0 fully saturated rings. The average Bonchev–Trinajstić information content (AvgIpc) is 2.68. The summed E-state index contributed by atoms with van der Waals surface area (Å²) in [4.78, 5) is 6.38. The minimum Gasteiger partial charge on any atom is -0.434 e. The van der Waals surface area contributed by atoms with E-state index in [1.807, 2.05) is 32.3 Å². The van der Waals surface area contributed by atoms with Gasteiger partial charge in [-0.2, -0.15) is 8.78 Å². The Balaban J connectivity index is 1.91. The van der Waals surface area contributed by atoms with Gasteiger partial charge in [-0.15, -0.1) is 0 Å². The van der Waals surface area contributed by atoms with E-state index in [9.17, 15) is 8.78 Å². The van der Waals surface area contributed by atoms with Crippen LogP contribution in [0, 0.1) is 0 Å². The van der Waals surface area contributed by atoms with E-state index in [0.717, 1.165) is 6.42 Å². The highest BCUT2D eigenvalue weighted by molar-refractivity contribution is 5.79. The van der Waals surface area contributed by atoms with E-state index in [1.165, 1.54) is 11.6 Å². The molecular formula is C21H28F2N4O. The van der Waals surface area contributed by atoms with Crippen LogP contribution in [0.25, 0.3) is 0 Å². The summed E-state index contributed by atoms with van der Waals surface area (Å²) in [6.07, 6.45) is 0.906. The van der Waals surface area contributed by atoms with Crippen molar-refractivity contribution in [1.82, 2.24) is 15.5 Å². The summed E-state index contributed by atoms with van der Waals surface area (Å²) in [5, 5.41) is 6.46. The van der Waals surface area contributed by atoms with Gasteiger partial charge in [0.25, 0.3) is 0 Å². The minimum absolute atomic E-state index is 0.163. The maximum atomic E-state index is 12.5. The molecule has 0 saturated carbocycles. The van der Waals surface area contributed by atoms with E-state index in [4.69, 9.17) is 0 Å². The molecule has 0 aromatic heterocycles. The third-order valence-electron chi connectivity index (χ3n) is 4.41. The fourth-order valence-electron chi connectivity index (χ4n) is 2.80. The predicted octanol–water partition coefficient (Wildman–Crippen LogP) is 3.13. The molecule has 0 aliphatic heterocycles. The highest BCUT2D eigenvalue weighted by Gasteiger charge is 2.14. The molecule has 5 nitrogen and oxygen atoms in total. The Morgan fingerprint density at radius 2 is 1.71 bits per heavy atom. The number of halogens is 2. The van der Waals surface area contributed by atoms with Crippen molar-refractivity contribution in [2.45, 2.75) is 25.6 Å². The van der Waals surface area contributed by atoms with Crippen molar-refractivity contribution in [3.05, 3.63) is 65.7 Å². The van der Waals surface area contributed by atoms with Gasteiger partial charge in [-0.25, -0.2) is 0 Å². The fourth-order valence-corrected chi connectivity index (χ4v) is 2.80. The standard InChI is InChI=1S/C21H28F2N4O/c1-24-21(25-14-17-11-7-8-12-19(17)28-20(22)23)26-15-18(27(2)3)13-16-9-5-4-6-10-16/h4-12,18,20H,13-15H2,1-3H3,(H2,24,25,26). The lowest BCUT2D eigenvalue weighted by Gasteiger charge is -2.26. The average molecular weight is 390 g/mol. The number of benzene rings is 2. The molecule has 0 aliphatic carbocycles. The van der Waals surface area contributed by atoms with E-state index in [2.05, 4.69) is 37.4 Å². The van der Waals surface area contributed by atoms with Gasteiger partial charge in [-0.1, -0.05) is 48.5 Å². The maximum absolute atomic E-state index is 12.5. The van der Waals surface area contributed by atoms with Crippen molar-refractivity contribution in [3.63, 3.8) is 0 Å². The molecule has 1 unspecified atom stereocenters. The van der Waals surface area contributed by atoms with Gasteiger partial charge in [0.1, 0.15) is 5.75 Å². The third-order valence-corrected chi connectivity index (χ3v) is 4.41. The van der Waals surface area contributed by atoms with Crippen molar-refractivity contribution in [1.29, 1.82) is 0 Å². The molecule has 0 saturated heterocycles. The Bertz CT molecular complexity index is 738. The zero-order chi connectivity index (χ0) is 20.4. The van der Waals surface area contributed by atoms with E-state index in [-0.39, 0.29) is 11.8 Å². The molecule has 1 atom stereocenters. The van der Waals surface area contributed by atoms with Gasteiger partial charge in [0.05, 0.1) is 0 Å². The van der Waals surface area contributed by atoms with Crippen molar-refractivity contribution < 1.29 is 13.5 Å². The normalized spacial score (nSPS) is 12.9. The van der Waals surface area contributed by atoms with Gasteiger partial charge < -0.3 is 20.3 Å². The molecule has 2 rings (SSSR count). The van der Waals surface area contributed by atoms with Crippen LogP contribution >= 0.6 is 0 Å². The van der Waals surface area contributed by atoms with Crippen LogP contribution in [0.15, 0.2) is 59.6 Å². The molecule has 0 bridgehead atoms. The number of para-hydroxylation sites is 1. The number of hydrogen-bond acceptors (Lipinski definition) is 3. The van der Waals surface area contributed by atoms with E-state index in [1.54, 1.807) is 25.2 Å². The van der Waals surface area contributed by atoms with Gasteiger partial charge >= 0.3 is 6.61 Å². The summed E-state index contributed by atoms with van der Waals surface area (Å²) in [5.41, 5.74) is 1.91. The molecule has 0 spiro atoms. The highest BCUT2D eigenvalue weighted by Crippen LogP contribution is 2.19. The summed E-state index contributed by atoms with van der Waals surface area (Å²) < 4.78 is 29.7. The number of hydrogen-bond donors (Lipinski definition) is 2. The Morgan fingerprint density at radius 3 is 2.36 bits per heavy atom. The zero-order valence-electron chi connectivity index (χ0n) is 16.5. The fraction of sp³-hybridized carbons (Fsp3) is 0.381. The first kappa shape index (κ1) is 21.6. The molecule has 0 heterocycles. The summed E-state index contributed by atoms with van der Waals surface area (Å²) >= 11 is 0. The summed E-state index contributed by atoms with van der Waals surface area (Å²) in [6, 6.07) is 17.3. The van der Waals surface area contributed by atoms with Crippen molar-refractivity contribution in [2.24, 2.45) is 4.99 Å². The molecule has 0 amide bonds. The molecule has 0 radical (unpaired) electrons. The quantitative estimate of drug-likeness (QED) is 0.510. The number of aliphatic imine (C=N–C) groups is 1. The SMILES string of the molecule is CN=C(NCc1ccccc1OC(F)F)NCC(Cc1ccccc1)N(C)C. The van der Waals surface area contributed by atoms with E-state index >= 15 is 0 Å². The van der Waals surface area contributed by atoms with E-state index < -0.39 is 6.61 Å². The number of ether oxygens (including phenoxy) is 1. The molecule has 152 valence electrons. The Hall–Kier alpha value is -2.67. The van der Waals surface area contributed by atoms with Gasteiger partial charge in [0.2, 0.25) is 0 Å². The largest absolute Gasteiger partial charge is 0.434 e. The first-order valence-corrected chi connectivity index (χ1v) is 9.17. The third kappa shape index (κ3) is 7.15. The summed E-state index contributed by atoms with van der Waals surface area (Å²) in [6.45, 7) is -1.83. The lowest BCUT2D eigenvalue weighted by molar-refractivity contribution is -0.0504. The monoisotopic (exact) mass is 390 g/mol. The molecule has 0 aliphatic rings.